The molecule has 0 fully saturated rings. The zero-order chi connectivity index (χ0) is 16.8. The fourth-order valence-electron chi connectivity index (χ4n) is 2.61. The summed E-state index contributed by atoms with van der Waals surface area (Å²) < 4.78 is 5.75. The molecule has 3 heteroatoms. The summed E-state index contributed by atoms with van der Waals surface area (Å²) in [5.74, 6) is 0.900. The first-order chi connectivity index (χ1) is 10.9. The van der Waals surface area contributed by atoms with E-state index in [0.29, 0.717) is 0 Å². The zero-order valence-electron chi connectivity index (χ0n) is 14.3. The van der Waals surface area contributed by atoms with Gasteiger partial charge in [-0.25, -0.2) is 0 Å². The second-order valence-electron chi connectivity index (χ2n) is 6.20. The lowest BCUT2D eigenvalue weighted by molar-refractivity contribution is -0.119. The number of nitrogens with one attached hydrogen (secondary N) is 1. The molecule has 122 valence electrons. The van der Waals surface area contributed by atoms with Crippen molar-refractivity contribution < 1.29 is 9.53 Å². The maximum Gasteiger partial charge on any atom is 0.217 e. The maximum atomic E-state index is 11.1. The third-order valence-electron chi connectivity index (χ3n) is 3.48. The number of amides is 1. The molecule has 1 atom stereocenters. The predicted octanol–water partition coefficient (Wildman–Crippen LogP) is 4.21. The highest BCUT2D eigenvalue weighted by Gasteiger charge is 2.06. The number of carbonyl (C=O) groups is 1. The van der Waals surface area contributed by atoms with Crippen LogP contribution < -0.4 is 10.1 Å². The number of carbonyl (C=O) groups excluding carboxylic acids is 1. The van der Waals surface area contributed by atoms with E-state index in [0.717, 1.165) is 23.3 Å². The second-order valence-corrected chi connectivity index (χ2v) is 6.20. The molecule has 0 radical (unpaired) electrons. The largest absolute Gasteiger partial charge is 0.491 e. The van der Waals surface area contributed by atoms with Crippen LogP contribution >= 0.6 is 0 Å². The highest BCUT2D eigenvalue weighted by molar-refractivity contribution is 5.73. The summed E-state index contributed by atoms with van der Waals surface area (Å²) in [5, 5.41) is 2.91. The Morgan fingerprint density at radius 1 is 1.04 bits per heavy atom. The molecule has 0 spiro atoms. The lowest BCUT2D eigenvalue weighted by Gasteiger charge is -2.13. The third-order valence-corrected chi connectivity index (χ3v) is 3.48. The van der Waals surface area contributed by atoms with Crippen molar-refractivity contribution in [1.82, 2.24) is 5.32 Å². The van der Waals surface area contributed by atoms with Crippen molar-refractivity contribution in [3.05, 3.63) is 54.1 Å². The summed E-state index contributed by atoms with van der Waals surface area (Å²) in [5.41, 5.74) is 3.52. The van der Waals surface area contributed by atoms with Crippen LogP contribution in [0.15, 0.2) is 48.5 Å². The number of hydrogen-bond donors (Lipinski definition) is 1. The lowest BCUT2D eigenvalue weighted by atomic mass is 10.0. The van der Waals surface area contributed by atoms with Gasteiger partial charge >= 0.3 is 0 Å². The Kier molecular flexibility index (Phi) is 5.80. The standard InChI is InChI=1S/C20H25NO2/c1-14(2)23-20-7-5-6-19(13-20)18-10-8-17(9-11-18)12-15(3)21-16(4)22/h5-11,13-15H,12H2,1-4H3,(H,21,22). The first-order valence-electron chi connectivity index (χ1n) is 8.07. The molecule has 0 aromatic heterocycles. The molecule has 2 aromatic carbocycles. The van der Waals surface area contributed by atoms with E-state index in [-0.39, 0.29) is 18.1 Å². The van der Waals surface area contributed by atoms with Gasteiger partial charge in [-0.05, 0) is 56.0 Å². The normalized spacial score (nSPS) is 12.0. The van der Waals surface area contributed by atoms with Gasteiger partial charge < -0.3 is 10.1 Å². The van der Waals surface area contributed by atoms with Crippen LogP contribution in [-0.4, -0.2) is 18.1 Å². The van der Waals surface area contributed by atoms with Crippen LogP contribution in [0.4, 0.5) is 0 Å². The van der Waals surface area contributed by atoms with E-state index < -0.39 is 0 Å². The van der Waals surface area contributed by atoms with Crippen molar-refractivity contribution in [2.24, 2.45) is 0 Å². The Morgan fingerprint density at radius 2 is 1.74 bits per heavy atom. The first kappa shape index (κ1) is 17.1. The molecule has 2 rings (SSSR count). The quantitative estimate of drug-likeness (QED) is 0.868. The highest BCUT2D eigenvalue weighted by atomic mass is 16.5. The van der Waals surface area contributed by atoms with E-state index in [1.54, 1.807) is 6.92 Å². The molecule has 0 saturated heterocycles. The summed E-state index contributed by atoms with van der Waals surface area (Å²) in [7, 11) is 0. The fourth-order valence-corrected chi connectivity index (χ4v) is 2.61. The van der Waals surface area contributed by atoms with Gasteiger partial charge in [-0.2, -0.15) is 0 Å². The molecule has 3 nitrogen and oxygen atoms in total. The molecule has 23 heavy (non-hydrogen) atoms. The van der Waals surface area contributed by atoms with E-state index in [9.17, 15) is 4.79 Å². The van der Waals surface area contributed by atoms with E-state index in [1.807, 2.05) is 32.9 Å². The van der Waals surface area contributed by atoms with Crippen LogP contribution in [0, 0.1) is 0 Å². The maximum absolute atomic E-state index is 11.1. The van der Waals surface area contributed by atoms with Crippen LogP contribution in [0.5, 0.6) is 5.75 Å². The number of benzene rings is 2. The van der Waals surface area contributed by atoms with Crippen molar-refractivity contribution in [2.75, 3.05) is 0 Å². The van der Waals surface area contributed by atoms with E-state index >= 15 is 0 Å². The molecule has 1 unspecified atom stereocenters. The second kappa shape index (κ2) is 7.82. The molecule has 2 aromatic rings. The van der Waals surface area contributed by atoms with Crippen molar-refractivity contribution in [2.45, 2.75) is 46.3 Å². The lowest BCUT2D eigenvalue weighted by Crippen LogP contribution is -2.31. The van der Waals surface area contributed by atoms with Crippen molar-refractivity contribution in [3.63, 3.8) is 0 Å². The van der Waals surface area contributed by atoms with E-state index in [4.69, 9.17) is 4.74 Å². The minimum atomic E-state index is 0.0103. The molecule has 0 aliphatic carbocycles. The molecule has 0 heterocycles. The molecule has 0 aliphatic heterocycles. The smallest absolute Gasteiger partial charge is 0.217 e. The molecule has 0 bridgehead atoms. The minimum Gasteiger partial charge on any atom is -0.491 e. The predicted molar refractivity (Wildman–Crippen MR) is 94.6 cm³/mol. The van der Waals surface area contributed by atoms with Gasteiger partial charge in [-0.1, -0.05) is 36.4 Å². The van der Waals surface area contributed by atoms with Gasteiger partial charge in [0, 0.05) is 13.0 Å². The Bertz CT molecular complexity index is 647. The average Bonchev–Trinajstić information content (AvgIpc) is 2.46. The Hall–Kier alpha value is -2.29. The van der Waals surface area contributed by atoms with Gasteiger partial charge in [0.25, 0.3) is 0 Å². The molecule has 0 saturated carbocycles. The summed E-state index contributed by atoms with van der Waals surface area (Å²) >= 11 is 0. The minimum absolute atomic E-state index is 0.0103. The number of hydrogen-bond acceptors (Lipinski definition) is 2. The molecular formula is C20H25NO2. The van der Waals surface area contributed by atoms with Crippen LogP contribution in [0.25, 0.3) is 11.1 Å². The number of rotatable bonds is 6. The van der Waals surface area contributed by atoms with Crippen LogP contribution in [0.1, 0.15) is 33.3 Å². The summed E-state index contributed by atoms with van der Waals surface area (Å²) in [6, 6.07) is 16.7. The van der Waals surface area contributed by atoms with Gasteiger partial charge in [0.2, 0.25) is 5.91 Å². The third kappa shape index (κ3) is 5.44. The van der Waals surface area contributed by atoms with Crippen molar-refractivity contribution in [3.8, 4) is 16.9 Å². The van der Waals surface area contributed by atoms with Gasteiger partial charge in [0.1, 0.15) is 5.75 Å². The molecule has 1 amide bonds. The van der Waals surface area contributed by atoms with Crippen LogP contribution in [0.2, 0.25) is 0 Å². The summed E-state index contributed by atoms with van der Waals surface area (Å²) in [6.45, 7) is 7.61. The Labute approximate surface area is 138 Å². The zero-order valence-corrected chi connectivity index (χ0v) is 14.3. The van der Waals surface area contributed by atoms with Crippen LogP contribution in [-0.2, 0) is 11.2 Å². The van der Waals surface area contributed by atoms with Crippen molar-refractivity contribution in [1.29, 1.82) is 0 Å². The van der Waals surface area contributed by atoms with Gasteiger partial charge in [-0.15, -0.1) is 0 Å². The SMILES string of the molecule is CC(=O)NC(C)Cc1ccc(-c2cccc(OC(C)C)c2)cc1. The monoisotopic (exact) mass is 311 g/mol. The summed E-state index contributed by atoms with van der Waals surface area (Å²) in [6.07, 6.45) is 0.999. The van der Waals surface area contributed by atoms with Gasteiger partial charge in [0.05, 0.1) is 6.10 Å². The van der Waals surface area contributed by atoms with E-state index in [2.05, 4.69) is 41.7 Å². The van der Waals surface area contributed by atoms with E-state index in [1.165, 1.54) is 5.56 Å². The Balaban J connectivity index is 2.08. The number of ether oxygens (including phenoxy) is 1. The summed E-state index contributed by atoms with van der Waals surface area (Å²) in [4.78, 5) is 11.1. The molecular weight excluding hydrogens is 286 g/mol. The average molecular weight is 311 g/mol. The Morgan fingerprint density at radius 3 is 2.35 bits per heavy atom. The molecule has 0 aliphatic rings. The van der Waals surface area contributed by atoms with Crippen LogP contribution in [0.3, 0.4) is 0 Å². The first-order valence-corrected chi connectivity index (χ1v) is 8.07. The topological polar surface area (TPSA) is 38.3 Å². The molecule has 1 N–H and O–H groups in total. The van der Waals surface area contributed by atoms with Crippen molar-refractivity contribution >= 4 is 5.91 Å². The van der Waals surface area contributed by atoms with Gasteiger partial charge in [-0.3, -0.25) is 4.79 Å². The fraction of sp³-hybridized carbons (Fsp3) is 0.350. The highest BCUT2D eigenvalue weighted by Crippen LogP contribution is 2.25. The van der Waals surface area contributed by atoms with Gasteiger partial charge in [0.15, 0.2) is 0 Å².